The molecule has 1 fully saturated rings. The van der Waals surface area contributed by atoms with Crippen LogP contribution in [0.2, 0.25) is 0 Å². The van der Waals surface area contributed by atoms with Gasteiger partial charge in [-0.05, 0) is 60.9 Å². The number of hydrogen-bond acceptors (Lipinski definition) is 10. The number of hydrogen-bond donors (Lipinski definition) is 1. The number of nitrogens with zero attached hydrogens (tertiary/aromatic N) is 5. The molecule has 10 nitrogen and oxygen atoms in total. The highest BCUT2D eigenvalue weighted by molar-refractivity contribution is 8.00. The third kappa shape index (κ3) is 6.32. The van der Waals surface area contributed by atoms with Crippen LogP contribution in [0.3, 0.4) is 0 Å². The molecule has 0 bridgehead atoms. The van der Waals surface area contributed by atoms with Crippen molar-refractivity contribution >= 4 is 51.3 Å². The quantitative estimate of drug-likeness (QED) is 0.0479. The summed E-state index contributed by atoms with van der Waals surface area (Å²) < 4.78 is 28.6. The van der Waals surface area contributed by atoms with E-state index in [9.17, 15) is 19.1 Å². The van der Waals surface area contributed by atoms with Crippen LogP contribution in [-0.2, 0) is 21.9 Å². The van der Waals surface area contributed by atoms with Gasteiger partial charge in [0.05, 0.1) is 23.9 Å². The van der Waals surface area contributed by atoms with E-state index in [0.29, 0.717) is 57.3 Å². The molecule has 3 aromatic carbocycles. The number of benzene rings is 3. The predicted octanol–water partition coefficient (Wildman–Crippen LogP) is 7.53. The first-order valence-electron chi connectivity index (χ1n) is 15.7. The van der Waals surface area contributed by atoms with Crippen LogP contribution in [0.15, 0.2) is 107 Å². The third-order valence-corrected chi connectivity index (χ3v) is 10.2. The number of aryl methyl sites for hydroxylation is 1. The molecular weight excluding hydrogens is 678 g/mol. The standard InChI is InChI=1S/C37H30FN5O5S2/c1-3-47-28-19-24(16-17-27(28)48-20-23-11-5-4-6-12-23)32-30(33(44)31-22(2)39-29-15-9-10-18-42(29)31)34(45)35(46)43(32)36-40-41-37(50-36)49-21-25-13-7-8-14-26(25)38/h4-19,32,44H,3,20-21H2,1-2H3. The van der Waals surface area contributed by atoms with Crippen LogP contribution in [0.25, 0.3) is 11.4 Å². The van der Waals surface area contributed by atoms with Gasteiger partial charge in [0.15, 0.2) is 21.6 Å². The number of ether oxygens (including phenoxy) is 2. The summed E-state index contributed by atoms with van der Waals surface area (Å²) in [6, 6.07) is 25.6. The Bertz CT molecular complexity index is 2250. The van der Waals surface area contributed by atoms with Crippen LogP contribution in [0.4, 0.5) is 9.52 Å². The van der Waals surface area contributed by atoms with Crippen molar-refractivity contribution in [1.82, 2.24) is 19.6 Å². The van der Waals surface area contributed by atoms with E-state index in [2.05, 4.69) is 15.2 Å². The minimum absolute atomic E-state index is 0.139. The van der Waals surface area contributed by atoms with E-state index < -0.39 is 17.7 Å². The van der Waals surface area contributed by atoms with Gasteiger partial charge in [-0.3, -0.25) is 18.9 Å². The number of aliphatic hydroxyl groups is 1. The van der Waals surface area contributed by atoms with Crippen LogP contribution in [0.1, 0.15) is 41.0 Å². The van der Waals surface area contributed by atoms with E-state index in [-0.39, 0.29) is 28.0 Å². The lowest BCUT2D eigenvalue weighted by molar-refractivity contribution is -0.132. The summed E-state index contributed by atoms with van der Waals surface area (Å²) in [6.45, 7) is 4.19. The maximum Gasteiger partial charge on any atom is 0.301 e. The summed E-state index contributed by atoms with van der Waals surface area (Å²) in [5.41, 5.74) is 3.13. The first-order valence-corrected chi connectivity index (χ1v) is 17.5. The molecule has 1 N–H and O–H groups in total. The van der Waals surface area contributed by atoms with Crippen molar-refractivity contribution in [2.45, 2.75) is 36.6 Å². The smallest absolute Gasteiger partial charge is 0.301 e. The number of Topliss-reactive ketones (excluding diaryl/α,β-unsaturated/α-hetero) is 1. The Kier molecular flexibility index (Phi) is 9.33. The number of aromatic nitrogens is 4. The van der Waals surface area contributed by atoms with Gasteiger partial charge in [0.1, 0.15) is 23.8 Å². The highest BCUT2D eigenvalue weighted by Crippen LogP contribution is 2.46. The van der Waals surface area contributed by atoms with Crippen LogP contribution in [-0.4, -0.2) is 43.0 Å². The van der Waals surface area contributed by atoms with E-state index in [1.807, 2.05) is 43.3 Å². The fraction of sp³-hybridized carbons (Fsp3) is 0.162. The molecule has 1 atom stereocenters. The van der Waals surface area contributed by atoms with Crippen molar-refractivity contribution in [3.05, 3.63) is 137 Å². The van der Waals surface area contributed by atoms with E-state index >= 15 is 0 Å². The predicted molar refractivity (Wildman–Crippen MR) is 189 cm³/mol. The molecule has 4 heterocycles. The molecule has 50 heavy (non-hydrogen) atoms. The number of aliphatic hydroxyl groups excluding tert-OH is 1. The number of carbonyl (C=O) groups excluding carboxylic acids is 2. The molecule has 0 radical (unpaired) electrons. The van der Waals surface area contributed by atoms with Gasteiger partial charge in [0.25, 0.3) is 5.78 Å². The summed E-state index contributed by atoms with van der Waals surface area (Å²) in [6.07, 6.45) is 1.73. The summed E-state index contributed by atoms with van der Waals surface area (Å²) in [5, 5.41) is 20.6. The second-order valence-corrected chi connectivity index (χ2v) is 13.5. The van der Waals surface area contributed by atoms with Gasteiger partial charge in [0, 0.05) is 11.9 Å². The van der Waals surface area contributed by atoms with Crippen molar-refractivity contribution < 1.29 is 28.6 Å². The molecule has 1 amide bonds. The van der Waals surface area contributed by atoms with E-state index in [4.69, 9.17) is 9.47 Å². The Morgan fingerprint density at radius 1 is 0.960 bits per heavy atom. The fourth-order valence-electron chi connectivity index (χ4n) is 5.80. The maximum absolute atomic E-state index is 14.3. The van der Waals surface area contributed by atoms with Crippen LogP contribution in [0.5, 0.6) is 11.5 Å². The van der Waals surface area contributed by atoms with Crippen molar-refractivity contribution in [3.8, 4) is 11.5 Å². The largest absolute Gasteiger partial charge is 0.505 e. The second-order valence-electron chi connectivity index (χ2n) is 11.3. The number of rotatable bonds is 11. The molecular formula is C37H30FN5O5S2. The molecule has 0 spiro atoms. The highest BCUT2D eigenvalue weighted by Gasteiger charge is 2.49. The minimum Gasteiger partial charge on any atom is -0.505 e. The lowest BCUT2D eigenvalue weighted by Gasteiger charge is -2.23. The monoisotopic (exact) mass is 707 g/mol. The molecule has 252 valence electrons. The Labute approximate surface area is 294 Å². The van der Waals surface area contributed by atoms with Gasteiger partial charge in [0.2, 0.25) is 5.13 Å². The number of amides is 1. The number of carbonyl (C=O) groups is 2. The minimum atomic E-state index is -1.11. The van der Waals surface area contributed by atoms with Gasteiger partial charge in [-0.25, -0.2) is 9.37 Å². The highest BCUT2D eigenvalue weighted by atomic mass is 32.2. The molecule has 3 aromatic heterocycles. The first kappa shape index (κ1) is 33.0. The lowest BCUT2D eigenvalue weighted by atomic mass is 9.96. The van der Waals surface area contributed by atoms with E-state index in [1.54, 1.807) is 66.1 Å². The Balaban J connectivity index is 1.32. The van der Waals surface area contributed by atoms with Gasteiger partial charge in [-0.2, -0.15) is 0 Å². The summed E-state index contributed by atoms with van der Waals surface area (Å²) in [4.78, 5) is 33.7. The molecule has 6 aromatic rings. The summed E-state index contributed by atoms with van der Waals surface area (Å²) >= 11 is 2.36. The molecule has 0 saturated carbocycles. The second kappa shape index (κ2) is 14.1. The number of fused-ring (bicyclic) bond motifs is 1. The SMILES string of the molecule is CCOc1cc(C2C(=C(O)c3c(C)nc4ccccn34)C(=O)C(=O)N2c2nnc(SCc3ccccc3F)s2)ccc1OCc1ccccc1. The number of ketones is 1. The molecule has 0 aliphatic carbocycles. The van der Waals surface area contributed by atoms with Gasteiger partial charge in [-0.15, -0.1) is 10.2 Å². The third-order valence-electron chi connectivity index (χ3n) is 8.10. The average molecular weight is 708 g/mol. The van der Waals surface area contributed by atoms with Crippen molar-refractivity contribution in [1.29, 1.82) is 0 Å². The molecule has 1 saturated heterocycles. The fourth-order valence-corrected chi connectivity index (χ4v) is 7.66. The zero-order valence-electron chi connectivity index (χ0n) is 26.9. The van der Waals surface area contributed by atoms with Gasteiger partial charge >= 0.3 is 5.91 Å². The van der Waals surface area contributed by atoms with Crippen LogP contribution >= 0.6 is 23.1 Å². The number of halogens is 1. The molecule has 1 aliphatic rings. The van der Waals surface area contributed by atoms with Crippen LogP contribution in [0, 0.1) is 12.7 Å². The number of imidazole rings is 1. The van der Waals surface area contributed by atoms with E-state index in [0.717, 1.165) is 16.9 Å². The Hall–Kier alpha value is -5.53. The lowest BCUT2D eigenvalue weighted by Crippen LogP contribution is -2.29. The van der Waals surface area contributed by atoms with Gasteiger partial charge < -0.3 is 14.6 Å². The number of thioether (sulfide) groups is 1. The Morgan fingerprint density at radius 3 is 2.54 bits per heavy atom. The van der Waals surface area contributed by atoms with Crippen molar-refractivity contribution in [3.63, 3.8) is 0 Å². The Morgan fingerprint density at radius 2 is 1.74 bits per heavy atom. The zero-order valence-corrected chi connectivity index (χ0v) is 28.6. The molecule has 7 rings (SSSR count). The molecule has 1 unspecified atom stereocenters. The molecule has 13 heteroatoms. The van der Waals surface area contributed by atoms with Crippen molar-refractivity contribution in [2.75, 3.05) is 11.5 Å². The first-order chi connectivity index (χ1) is 24.3. The normalized spacial score (nSPS) is 15.6. The summed E-state index contributed by atoms with van der Waals surface area (Å²) in [5.74, 6) is -1.33. The zero-order chi connectivity index (χ0) is 34.8. The number of pyridine rings is 1. The topological polar surface area (TPSA) is 119 Å². The van der Waals surface area contributed by atoms with Crippen molar-refractivity contribution in [2.24, 2.45) is 0 Å². The van der Waals surface area contributed by atoms with E-state index in [1.165, 1.54) is 22.7 Å². The summed E-state index contributed by atoms with van der Waals surface area (Å²) in [7, 11) is 0. The van der Waals surface area contributed by atoms with Crippen LogP contribution < -0.4 is 14.4 Å². The molecule has 1 aliphatic heterocycles. The average Bonchev–Trinajstić information content (AvgIpc) is 3.81. The van der Waals surface area contributed by atoms with Gasteiger partial charge in [-0.1, -0.05) is 83.8 Å². The maximum atomic E-state index is 14.3. The number of anilines is 1.